The number of rotatable bonds is 4. The lowest BCUT2D eigenvalue weighted by Crippen LogP contribution is -2.47. The fraction of sp³-hybridized carbons (Fsp3) is 0.471. The third-order valence-electron chi connectivity index (χ3n) is 4.61. The molecule has 1 fully saturated rings. The Hall–Kier alpha value is -2.21. The molecule has 0 saturated carbocycles. The molecule has 3 amide bonds. The van der Waals surface area contributed by atoms with Crippen LogP contribution in [0.4, 0.5) is 0 Å². The molecule has 0 spiro atoms. The molecule has 2 aliphatic heterocycles. The molecule has 23 heavy (non-hydrogen) atoms. The number of piperidine rings is 1. The van der Waals surface area contributed by atoms with Gasteiger partial charge in [-0.1, -0.05) is 12.1 Å². The second-order valence-corrected chi connectivity index (χ2v) is 6.03. The number of fused-ring (bicyclic) bond motifs is 1. The number of hydrogen-bond donors (Lipinski definition) is 1. The van der Waals surface area contributed by atoms with Crippen LogP contribution in [0.2, 0.25) is 0 Å². The fourth-order valence-corrected chi connectivity index (χ4v) is 3.25. The zero-order valence-corrected chi connectivity index (χ0v) is 13.2. The van der Waals surface area contributed by atoms with Crippen LogP contribution in [-0.4, -0.2) is 60.2 Å². The smallest absolute Gasteiger partial charge is 0.261 e. The van der Waals surface area contributed by atoms with E-state index in [-0.39, 0.29) is 30.7 Å². The predicted molar refractivity (Wildman–Crippen MR) is 85.1 cm³/mol. The summed E-state index contributed by atoms with van der Waals surface area (Å²) in [7, 11) is 1.90. The largest absolute Gasteiger partial charge is 0.341 e. The molecular formula is C17H21N3O3. The van der Waals surface area contributed by atoms with Gasteiger partial charge in [-0.2, -0.15) is 0 Å². The standard InChI is InChI=1S/C17H21N3O3/c1-18-12-5-4-9-19(11-12)15(21)8-10-20-16(22)13-6-2-3-7-14(13)17(20)23/h2-3,6-7,12,18H,4-5,8-11H2,1H3. The quantitative estimate of drug-likeness (QED) is 0.838. The van der Waals surface area contributed by atoms with E-state index in [1.165, 1.54) is 4.90 Å². The fourth-order valence-electron chi connectivity index (χ4n) is 3.25. The highest BCUT2D eigenvalue weighted by atomic mass is 16.2. The Balaban J connectivity index is 1.60. The summed E-state index contributed by atoms with van der Waals surface area (Å²) >= 11 is 0. The number of hydrogen-bond acceptors (Lipinski definition) is 4. The van der Waals surface area contributed by atoms with Crippen LogP contribution in [0.25, 0.3) is 0 Å². The average molecular weight is 315 g/mol. The molecule has 1 unspecified atom stereocenters. The minimum Gasteiger partial charge on any atom is -0.341 e. The van der Waals surface area contributed by atoms with Gasteiger partial charge in [-0.3, -0.25) is 19.3 Å². The van der Waals surface area contributed by atoms with E-state index in [2.05, 4.69) is 5.32 Å². The van der Waals surface area contributed by atoms with Crippen LogP contribution in [0.5, 0.6) is 0 Å². The van der Waals surface area contributed by atoms with Crippen LogP contribution < -0.4 is 5.32 Å². The van der Waals surface area contributed by atoms with E-state index in [4.69, 9.17) is 0 Å². The van der Waals surface area contributed by atoms with Crippen LogP contribution >= 0.6 is 0 Å². The SMILES string of the molecule is CNC1CCCN(C(=O)CCN2C(=O)c3ccccc3C2=O)C1. The molecule has 1 aromatic rings. The predicted octanol–water partition coefficient (Wildman–Crippen LogP) is 0.883. The summed E-state index contributed by atoms with van der Waals surface area (Å²) in [5.74, 6) is -0.600. The lowest BCUT2D eigenvalue weighted by Gasteiger charge is -2.33. The highest BCUT2D eigenvalue weighted by Gasteiger charge is 2.35. The zero-order chi connectivity index (χ0) is 16.4. The average Bonchev–Trinajstić information content (AvgIpc) is 2.84. The number of amides is 3. The van der Waals surface area contributed by atoms with Gasteiger partial charge in [-0.25, -0.2) is 0 Å². The van der Waals surface area contributed by atoms with Gasteiger partial charge in [0.2, 0.25) is 5.91 Å². The number of likely N-dealkylation sites (tertiary alicyclic amines) is 1. The lowest BCUT2D eigenvalue weighted by atomic mass is 10.1. The van der Waals surface area contributed by atoms with E-state index in [1.54, 1.807) is 24.3 Å². The lowest BCUT2D eigenvalue weighted by molar-refractivity contribution is -0.132. The first-order valence-electron chi connectivity index (χ1n) is 8.02. The van der Waals surface area contributed by atoms with Crippen molar-refractivity contribution < 1.29 is 14.4 Å². The second kappa shape index (κ2) is 6.50. The molecule has 122 valence electrons. The van der Waals surface area contributed by atoms with E-state index in [0.717, 1.165) is 19.4 Å². The van der Waals surface area contributed by atoms with E-state index in [9.17, 15) is 14.4 Å². The van der Waals surface area contributed by atoms with E-state index >= 15 is 0 Å². The molecule has 1 saturated heterocycles. The summed E-state index contributed by atoms with van der Waals surface area (Å²) in [5, 5.41) is 3.20. The number of likely N-dealkylation sites (N-methyl/N-ethyl adjacent to an activating group) is 1. The Bertz CT molecular complexity index is 609. The third-order valence-corrected chi connectivity index (χ3v) is 4.61. The van der Waals surface area contributed by atoms with Gasteiger partial charge in [0.05, 0.1) is 11.1 Å². The van der Waals surface area contributed by atoms with Crippen molar-refractivity contribution in [1.29, 1.82) is 0 Å². The number of nitrogens with one attached hydrogen (secondary N) is 1. The first kappa shape index (κ1) is 15.7. The molecule has 0 bridgehead atoms. The van der Waals surface area contributed by atoms with Crippen molar-refractivity contribution in [2.45, 2.75) is 25.3 Å². The highest BCUT2D eigenvalue weighted by Crippen LogP contribution is 2.22. The molecular weight excluding hydrogens is 294 g/mol. The summed E-state index contributed by atoms with van der Waals surface area (Å²) < 4.78 is 0. The minimum atomic E-state index is -0.301. The normalized spacial score (nSPS) is 20.8. The maximum absolute atomic E-state index is 12.4. The monoisotopic (exact) mass is 315 g/mol. The summed E-state index contributed by atoms with van der Waals surface area (Å²) in [4.78, 5) is 39.9. The summed E-state index contributed by atoms with van der Waals surface area (Å²) in [6.45, 7) is 1.59. The van der Waals surface area contributed by atoms with Crippen molar-refractivity contribution in [3.05, 3.63) is 35.4 Å². The van der Waals surface area contributed by atoms with Gasteiger partial charge in [-0.05, 0) is 32.0 Å². The molecule has 1 atom stereocenters. The molecule has 6 nitrogen and oxygen atoms in total. The van der Waals surface area contributed by atoms with E-state index < -0.39 is 0 Å². The van der Waals surface area contributed by atoms with Crippen LogP contribution in [0.3, 0.4) is 0 Å². The van der Waals surface area contributed by atoms with Crippen molar-refractivity contribution in [3.8, 4) is 0 Å². The number of imide groups is 1. The third kappa shape index (κ3) is 2.99. The maximum Gasteiger partial charge on any atom is 0.261 e. The van der Waals surface area contributed by atoms with E-state index in [1.807, 2.05) is 11.9 Å². The number of carbonyl (C=O) groups is 3. The van der Waals surface area contributed by atoms with Gasteiger partial charge in [0.1, 0.15) is 0 Å². The Labute approximate surface area is 135 Å². The van der Waals surface area contributed by atoms with Crippen LogP contribution in [-0.2, 0) is 4.79 Å². The van der Waals surface area contributed by atoms with Crippen molar-refractivity contribution in [2.75, 3.05) is 26.7 Å². The number of nitrogens with zero attached hydrogens (tertiary/aromatic N) is 2. The van der Waals surface area contributed by atoms with Crippen LogP contribution in [0.1, 0.15) is 40.0 Å². The Kier molecular flexibility index (Phi) is 4.43. The topological polar surface area (TPSA) is 69.7 Å². The van der Waals surface area contributed by atoms with Gasteiger partial charge in [0, 0.05) is 32.1 Å². The van der Waals surface area contributed by atoms with Gasteiger partial charge in [0.25, 0.3) is 11.8 Å². The van der Waals surface area contributed by atoms with Gasteiger partial charge >= 0.3 is 0 Å². The zero-order valence-electron chi connectivity index (χ0n) is 13.2. The molecule has 1 aromatic carbocycles. The van der Waals surface area contributed by atoms with Crippen LogP contribution in [0.15, 0.2) is 24.3 Å². The van der Waals surface area contributed by atoms with Crippen molar-refractivity contribution in [1.82, 2.24) is 15.1 Å². The van der Waals surface area contributed by atoms with Gasteiger partial charge < -0.3 is 10.2 Å². The Morgan fingerprint density at radius 3 is 2.48 bits per heavy atom. The van der Waals surface area contributed by atoms with Crippen molar-refractivity contribution in [2.24, 2.45) is 0 Å². The molecule has 1 N–H and O–H groups in total. The van der Waals surface area contributed by atoms with Crippen LogP contribution in [0, 0.1) is 0 Å². The molecule has 2 aliphatic rings. The summed E-state index contributed by atoms with van der Waals surface area (Å²) in [6, 6.07) is 7.11. The highest BCUT2D eigenvalue weighted by molar-refractivity contribution is 6.21. The van der Waals surface area contributed by atoms with Crippen molar-refractivity contribution in [3.63, 3.8) is 0 Å². The summed E-state index contributed by atoms with van der Waals surface area (Å²) in [5.41, 5.74) is 0.858. The maximum atomic E-state index is 12.4. The van der Waals surface area contributed by atoms with E-state index in [0.29, 0.717) is 23.7 Å². The molecule has 6 heteroatoms. The number of carbonyl (C=O) groups excluding carboxylic acids is 3. The van der Waals surface area contributed by atoms with Gasteiger partial charge in [0.15, 0.2) is 0 Å². The summed E-state index contributed by atoms with van der Waals surface area (Å²) in [6.07, 6.45) is 2.23. The molecule has 2 heterocycles. The second-order valence-electron chi connectivity index (χ2n) is 6.03. The molecule has 0 aromatic heterocycles. The van der Waals surface area contributed by atoms with Crippen molar-refractivity contribution >= 4 is 17.7 Å². The Morgan fingerprint density at radius 2 is 1.87 bits per heavy atom. The first-order chi connectivity index (χ1) is 11.1. The molecule has 0 radical (unpaired) electrons. The molecule has 0 aliphatic carbocycles. The minimum absolute atomic E-state index is 0.00139. The van der Waals surface area contributed by atoms with Gasteiger partial charge in [-0.15, -0.1) is 0 Å². The molecule has 3 rings (SSSR count). The Morgan fingerprint density at radius 1 is 1.22 bits per heavy atom. The first-order valence-corrected chi connectivity index (χ1v) is 8.02. The number of benzene rings is 1.